The molecule has 0 aromatic rings. The maximum atomic E-state index is 9.55. The van der Waals surface area contributed by atoms with Crippen molar-refractivity contribution in [3.8, 4) is 0 Å². The standard InChI is InChI=1S/C5H11N3O2/c9-7-8-10-5-1-3-6-4-2-5/h5-6H,1-4H2,(H,8,9). The van der Waals surface area contributed by atoms with Gasteiger partial charge in [0.2, 0.25) is 0 Å². The Morgan fingerprint density at radius 2 is 2.20 bits per heavy atom. The number of nitrogens with one attached hydrogen (secondary N) is 2. The molecule has 1 rings (SSSR count). The highest BCUT2D eigenvalue weighted by atomic mass is 16.7. The van der Waals surface area contributed by atoms with Crippen LogP contribution in [0.5, 0.6) is 0 Å². The van der Waals surface area contributed by atoms with Gasteiger partial charge in [-0.25, -0.2) is 0 Å². The summed E-state index contributed by atoms with van der Waals surface area (Å²) >= 11 is 0. The first kappa shape index (κ1) is 7.43. The average Bonchev–Trinajstić information content (AvgIpc) is 2.03. The molecule has 0 aromatic carbocycles. The van der Waals surface area contributed by atoms with Crippen molar-refractivity contribution >= 4 is 0 Å². The highest BCUT2D eigenvalue weighted by Gasteiger charge is 2.12. The summed E-state index contributed by atoms with van der Waals surface area (Å²) < 4.78 is 0. The molecular weight excluding hydrogens is 134 g/mol. The van der Waals surface area contributed by atoms with E-state index in [1.165, 1.54) is 0 Å². The predicted octanol–water partition coefficient (Wildman–Crippen LogP) is -0.0590. The molecule has 1 heterocycles. The molecule has 0 radical (unpaired) electrons. The second kappa shape index (κ2) is 4.19. The van der Waals surface area contributed by atoms with Crippen LogP contribution in [0.25, 0.3) is 0 Å². The maximum absolute atomic E-state index is 9.55. The molecular formula is C5H11N3O2. The normalized spacial score (nSPS) is 20.4. The van der Waals surface area contributed by atoms with Gasteiger partial charge in [-0.15, -0.1) is 10.5 Å². The van der Waals surface area contributed by atoms with Gasteiger partial charge >= 0.3 is 0 Å². The van der Waals surface area contributed by atoms with Crippen LogP contribution in [0, 0.1) is 4.91 Å². The fraction of sp³-hybridized carbons (Fsp3) is 1.00. The Morgan fingerprint density at radius 3 is 2.80 bits per heavy atom. The summed E-state index contributed by atoms with van der Waals surface area (Å²) in [7, 11) is 0. The van der Waals surface area contributed by atoms with Crippen molar-refractivity contribution in [1.29, 1.82) is 0 Å². The molecule has 0 aromatic heterocycles. The molecule has 1 aliphatic rings. The first-order chi connectivity index (χ1) is 4.93. The van der Waals surface area contributed by atoms with Gasteiger partial charge in [0.05, 0.1) is 11.4 Å². The van der Waals surface area contributed by atoms with E-state index >= 15 is 0 Å². The zero-order chi connectivity index (χ0) is 7.23. The van der Waals surface area contributed by atoms with Crippen molar-refractivity contribution in [2.75, 3.05) is 13.1 Å². The number of piperidine rings is 1. The molecule has 0 unspecified atom stereocenters. The first-order valence-electron chi connectivity index (χ1n) is 3.37. The van der Waals surface area contributed by atoms with Gasteiger partial charge in [0.15, 0.2) is 0 Å². The smallest absolute Gasteiger partial charge is 0.0897 e. The van der Waals surface area contributed by atoms with Crippen LogP contribution in [0.1, 0.15) is 12.8 Å². The van der Waals surface area contributed by atoms with E-state index < -0.39 is 0 Å². The minimum atomic E-state index is 0.138. The summed E-state index contributed by atoms with van der Waals surface area (Å²) in [6, 6.07) is 0. The zero-order valence-electron chi connectivity index (χ0n) is 5.67. The molecule has 10 heavy (non-hydrogen) atoms. The molecule has 0 atom stereocenters. The van der Waals surface area contributed by atoms with Gasteiger partial charge in [-0.3, -0.25) is 4.84 Å². The van der Waals surface area contributed by atoms with Crippen molar-refractivity contribution in [1.82, 2.24) is 10.9 Å². The maximum Gasteiger partial charge on any atom is 0.0897 e. The highest BCUT2D eigenvalue weighted by molar-refractivity contribution is 4.66. The second-order valence-electron chi connectivity index (χ2n) is 2.25. The fourth-order valence-corrected chi connectivity index (χ4v) is 1.01. The van der Waals surface area contributed by atoms with Crippen LogP contribution >= 0.6 is 0 Å². The monoisotopic (exact) mass is 145 g/mol. The lowest BCUT2D eigenvalue weighted by molar-refractivity contribution is -0.0384. The minimum Gasteiger partial charge on any atom is -0.317 e. The molecule has 2 N–H and O–H groups in total. The predicted molar refractivity (Wildman–Crippen MR) is 35.9 cm³/mol. The number of hydrogen-bond acceptors (Lipinski definition) is 4. The summed E-state index contributed by atoms with van der Waals surface area (Å²) in [4.78, 5) is 14.4. The van der Waals surface area contributed by atoms with Crippen LogP contribution in [0.2, 0.25) is 0 Å². The third-order valence-electron chi connectivity index (χ3n) is 1.54. The van der Waals surface area contributed by atoms with Crippen molar-refractivity contribution in [3.05, 3.63) is 4.91 Å². The Balaban J connectivity index is 2.07. The molecule has 1 saturated heterocycles. The van der Waals surface area contributed by atoms with E-state index in [1.807, 2.05) is 5.59 Å². The molecule has 0 amide bonds. The van der Waals surface area contributed by atoms with Gasteiger partial charge < -0.3 is 5.32 Å². The zero-order valence-corrected chi connectivity index (χ0v) is 5.67. The third kappa shape index (κ3) is 2.28. The van der Waals surface area contributed by atoms with Crippen molar-refractivity contribution < 1.29 is 4.84 Å². The lowest BCUT2D eigenvalue weighted by Crippen LogP contribution is -2.34. The van der Waals surface area contributed by atoms with Crippen LogP contribution in [0.15, 0.2) is 5.29 Å². The first-order valence-corrected chi connectivity index (χ1v) is 3.37. The lowest BCUT2D eigenvalue weighted by Gasteiger charge is -2.20. The van der Waals surface area contributed by atoms with Crippen LogP contribution < -0.4 is 10.9 Å². The van der Waals surface area contributed by atoms with E-state index in [-0.39, 0.29) is 6.10 Å². The summed E-state index contributed by atoms with van der Waals surface area (Å²) in [6.07, 6.45) is 2.00. The summed E-state index contributed by atoms with van der Waals surface area (Å²) in [6.45, 7) is 1.90. The fourth-order valence-electron chi connectivity index (χ4n) is 1.01. The molecule has 0 saturated carbocycles. The van der Waals surface area contributed by atoms with Gasteiger partial charge in [-0.1, -0.05) is 0 Å². The number of nitrogens with zero attached hydrogens (tertiary/aromatic N) is 1. The highest BCUT2D eigenvalue weighted by Crippen LogP contribution is 2.04. The molecule has 5 heteroatoms. The third-order valence-corrected chi connectivity index (χ3v) is 1.54. The van der Waals surface area contributed by atoms with Gasteiger partial charge in [-0.05, 0) is 25.9 Å². The van der Waals surface area contributed by atoms with Crippen LogP contribution in [-0.4, -0.2) is 19.2 Å². The largest absolute Gasteiger partial charge is 0.317 e. The summed E-state index contributed by atoms with van der Waals surface area (Å²) in [5.41, 5.74) is 1.96. The topological polar surface area (TPSA) is 62.7 Å². The van der Waals surface area contributed by atoms with Gasteiger partial charge in [0.25, 0.3) is 0 Å². The minimum absolute atomic E-state index is 0.138. The van der Waals surface area contributed by atoms with E-state index in [4.69, 9.17) is 4.84 Å². The Hall–Kier alpha value is -0.680. The van der Waals surface area contributed by atoms with E-state index in [9.17, 15) is 4.91 Å². The molecule has 0 bridgehead atoms. The summed E-state index contributed by atoms with van der Waals surface area (Å²) in [5.74, 6) is 0. The number of nitroso groups, excluding NO2 is 1. The molecule has 0 spiro atoms. The lowest BCUT2D eigenvalue weighted by atomic mass is 10.1. The molecule has 5 nitrogen and oxygen atoms in total. The van der Waals surface area contributed by atoms with Crippen molar-refractivity contribution in [3.63, 3.8) is 0 Å². The Labute approximate surface area is 59.0 Å². The van der Waals surface area contributed by atoms with Crippen LogP contribution in [-0.2, 0) is 4.84 Å². The summed E-state index contributed by atoms with van der Waals surface area (Å²) in [5, 5.41) is 5.56. The Morgan fingerprint density at radius 1 is 1.50 bits per heavy atom. The molecule has 1 fully saturated rings. The molecule has 1 aliphatic heterocycles. The second-order valence-corrected chi connectivity index (χ2v) is 2.25. The van der Waals surface area contributed by atoms with E-state index in [0.717, 1.165) is 25.9 Å². The SMILES string of the molecule is O=NNOC1CCNCC1. The van der Waals surface area contributed by atoms with Crippen LogP contribution in [0.4, 0.5) is 0 Å². The van der Waals surface area contributed by atoms with E-state index in [2.05, 4.69) is 10.6 Å². The van der Waals surface area contributed by atoms with E-state index in [1.54, 1.807) is 0 Å². The van der Waals surface area contributed by atoms with Gasteiger partial charge in [0, 0.05) is 0 Å². The molecule has 0 aliphatic carbocycles. The van der Waals surface area contributed by atoms with Gasteiger partial charge in [-0.2, -0.15) is 0 Å². The van der Waals surface area contributed by atoms with Crippen molar-refractivity contribution in [2.45, 2.75) is 18.9 Å². The quantitative estimate of drug-likeness (QED) is 0.431. The molecule has 58 valence electrons. The van der Waals surface area contributed by atoms with Crippen molar-refractivity contribution in [2.24, 2.45) is 5.29 Å². The number of rotatable bonds is 3. The Bertz CT molecular complexity index is 103. The average molecular weight is 145 g/mol. The number of hydrogen-bond donors (Lipinski definition) is 2. The van der Waals surface area contributed by atoms with E-state index in [0.29, 0.717) is 0 Å². The van der Waals surface area contributed by atoms with Crippen LogP contribution in [0.3, 0.4) is 0 Å². The van der Waals surface area contributed by atoms with Gasteiger partial charge in [0.1, 0.15) is 0 Å². The Kier molecular flexibility index (Phi) is 3.11.